The van der Waals surface area contributed by atoms with Gasteiger partial charge >= 0.3 is 5.97 Å². The van der Waals surface area contributed by atoms with Crippen LogP contribution in [-0.2, 0) is 9.53 Å². The van der Waals surface area contributed by atoms with E-state index in [0.717, 1.165) is 6.42 Å². The summed E-state index contributed by atoms with van der Waals surface area (Å²) < 4.78 is 4.88. The lowest BCUT2D eigenvalue weighted by molar-refractivity contribution is -0.143. The Balaban J connectivity index is 3.35. The first-order chi connectivity index (χ1) is 5.20. The Morgan fingerprint density at radius 3 is 2.64 bits per heavy atom. The third kappa shape index (κ3) is 5.64. The van der Waals surface area contributed by atoms with E-state index in [1.54, 1.807) is 6.92 Å². The van der Waals surface area contributed by atoms with Gasteiger partial charge in [-0.05, 0) is 13.8 Å². The molecule has 0 aromatic carbocycles. The smallest absolute Gasteiger partial charge is 0.305 e. The van der Waals surface area contributed by atoms with E-state index in [1.165, 1.54) is 5.57 Å². The Morgan fingerprint density at radius 2 is 2.18 bits per heavy atom. The maximum absolute atomic E-state index is 10.6. The second-order valence-corrected chi connectivity index (χ2v) is 2.46. The summed E-state index contributed by atoms with van der Waals surface area (Å²) in [4.78, 5) is 10.6. The Morgan fingerprint density at radius 1 is 1.55 bits per heavy atom. The van der Waals surface area contributed by atoms with E-state index >= 15 is 0 Å². The SMILES string of the molecule is C/C=C(\C)CCOC(=O)CC. The summed E-state index contributed by atoms with van der Waals surface area (Å²) in [6.07, 6.45) is 3.34. The molecule has 0 atom stereocenters. The molecule has 0 N–H and O–H groups in total. The zero-order chi connectivity index (χ0) is 8.69. The molecule has 64 valence electrons. The summed E-state index contributed by atoms with van der Waals surface area (Å²) in [7, 11) is 0. The Labute approximate surface area is 68.2 Å². The summed E-state index contributed by atoms with van der Waals surface area (Å²) in [6, 6.07) is 0. The van der Waals surface area contributed by atoms with Crippen molar-refractivity contribution in [2.75, 3.05) is 6.61 Å². The van der Waals surface area contributed by atoms with Crippen LogP contribution in [-0.4, -0.2) is 12.6 Å². The van der Waals surface area contributed by atoms with E-state index in [-0.39, 0.29) is 5.97 Å². The third-order valence-electron chi connectivity index (χ3n) is 1.54. The molecule has 0 bridgehead atoms. The summed E-state index contributed by atoms with van der Waals surface area (Å²) in [6.45, 7) is 6.32. The maximum atomic E-state index is 10.6. The van der Waals surface area contributed by atoms with Crippen molar-refractivity contribution in [3.8, 4) is 0 Å². The Bertz CT molecular complexity index is 148. The minimum absolute atomic E-state index is 0.117. The molecule has 0 rings (SSSR count). The van der Waals surface area contributed by atoms with Gasteiger partial charge in [-0.2, -0.15) is 0 Å². The van der Waals surface area contributed by atoms with Crippen LogP contribution >= 0.6 is 0 Å². The van der Waals surface area contributed by atoms with Crippen molar-refractivity contribution in [3.05, 3.63) is 11.6 Å². The van der Waals surface area contributed by atoms with E-state index in [9.17, 15) is 4.79 Å². The summed E-state index contributed by atoms with van der Waals surface area (Å²) >= 11 is 0. The van der Waals surface area contributed by atoms with Crippen molar-refractivity contribution in [2.24, 2.45) is 0 Å². The van der Waals surface area contributed by atoms with Crippen molar-refractivity contribution in [3.63, 3.8) is 0 Å². The predicted molar refractivity (Wildman–Crippen MR) is 45.3 cm³/mol. The summed E-state index contributed by atoms with van der Waals surface area (Å²) in [5.41, 5.74) is 1.26. The van der Waals surface area contributed by atoms with Crippen LogP contribution in [0.15, 0.2) is 11.6 Å². The molecule has 0 saturated carbocycles. The van der Waals surface area contributed by atoms with Crippen molar-refractivity contribution < 1.29 is 9.53 Å². The van der Waals surface area contributed by atoms with Gasteiger partial charge in [0.05, 0.1) is 6.61 Å². The highest BCUT2D eigenvalue weighted by Gasteiger charge is 1.96. The quantitative estimate of drug-likeness (QED) is 0.461. The van der Waals surface area contributed by atoms with Gasteiger partial charge in [0.2, 0.25) is 0 Å². The fourth-order valence-corrected chi connectivity index (χ4v) is 0.572. The molecular formula is C9H16O2. The van der Waals surface area contributed by atoms with Gasteiger partial charge in [-0.3, -0.25) is 4.79 Å². The number of carbonyl (C=O) groups excluding carboxylic acids is 1. The summed E-state index contributed by atoms with van der Waals surface area (Å²) in [5.74, 6) is -0.117. The molecule has 2 heteroatoms. The summed E-state index contributed by atoms with van der Waals surface area (Å²) in [5, 5.41) is 0. The molecular weight excluding hydrogens is 140 g/mol. The minimum Gasteiger partial charge on any atom is -0.465 e. The number of rotatable bonds is 4. The molecule has 0 spiro atoms. The fraction of sp³-hybridized carbons (Fsp3) is 0.667. The normalized spacial score (nSPS) is 11.4. The van der Waals surface area contributed by atoms with Crippen molar-refractivity contribution in [1.82, 2.24) is 0 Å². The van der Waals surface area contributed by atoms with Gasteiger partial charge in [0.25, 0.3) is 0 Å². The molecule has 0 amide bonds. The molecule has 0 fully saturated rings. The molecule has 11 heavy (non-hydrogen) atoms. The zero-order valence-corrected chi connectivity index (χ0v) is 7.52. The van der Waals surface area contributed by atoms with Gasteiger partial charge in [-0.1, -0.05) is 18.6 Å². The lowest BCUT2D eigenvalue weighted by atomic mass is 10.2. The first-order valence-electron chi connectivity index (χ1n) is 3.98. The molecule has 0 aromatic rings. The number of hydrogen-bond donors (Lipinski definition) is 0. The second kappa shape index (κ2) is 5.96. The van der Waals surface area contributed by atoms with Crippen LogP contribution in [0.25, 0.3) is 0 Å². The first-order valence-corrected chi connectivity index (χ1v) is 3.98. The largest absolute Gasteiger partial charge is 0.465 e. The van der Waals surface area contributed by atoms with Crippen LogP contribution < -0.4 is 0 Å². The van der Waals surface area contributed by atoms with Crippen LogP contribution in [0.5, 0.6) is 0 Å². The molecule has 0 aromatic heterocycles. The molecule has 0 aliphatic carbocycles. The van der Waals surface area contributed by atoms with E-state index < -0.39 is 0 Å². The van der Waals surface area contributed by atoms with Gasteiger partial charge < -0.3 is 4.74 Å². The molecule has 0 radical (unpaired) electrons. The van der Waals surface area contributed by atoms with Crippen molar-refractivity contribution in [1.29, 1.82) is 0 Å². The van der Waals surface area contributed by atoms with Crippen LogP contribution in [0.2, 0.25) is 0 Å². The number of carbonyl (C=O) groups is 1. The Hall–Kier alpha value is -0.790. The molecule has 0 heterocycles. The van der Waals surface area contributed by atoms with Crippen LogP contribution in [0.3, 0.4) is 0 Å². The predicted octanol–water partition coefficient (Wildman–Crippen LogP) is 2.30. The average molecular weight is 156 g/mol. The van der Waals surface area contributed by atoms with Gasteiger partial charge in [-0.15, -0.1) is 0 Å². The van der Waals surface area contributed by atoms with Gasteiger partial charge in [-0.25, -0.2) is 0 Å². The number of esters is 1. The highest BCUT2D eigenvalue weighted by Crippen LogP contribution is 1.99. The van der Waals surface area contributed by atoms with Crippen LogP contribution in [0, 0.1) is 0 Å². The average Bonchev–Trinajstić information content (AvgIpc) is 2.04. The van der Waals surface area contributed by atoms with E-state index in [0.29, 0.717) is 13.0 Å². The third-order valence-corrected chi connectivity index (χ3v) is 1.54. The zero-order valence-electron chi connectivity index (χ0n) is 7.52. The maximum Gasteiger partial charge on any atom is 0.305 e. The number of ether oxygens (including phenoxy) is 1. The van der Waals surface area contributed by atoms with E-state index in [2.05, 4.69) is 0 Å². The van der Waals surface area contributed by atoms with Crippen molar-refractivity contribution >= 4 is 5.97 Å². The topological polar surface area (TPSA) is 26.3 Å². The van der Waals surface area contributed by atoms with Crippen LogP contribution in [0.1, 0.15) is 33.6 Å². The second-order valence-electron chi connectivity index (χ2n) is 2.46. The first kappa shape index (κ1) is 10.2. The van der Waals surface area contributed by atoms with Gasteiger partial charge in [0.15, 0.2) is 0 Å². The fourth-order valence-electron chi connectivity index (χ4n) is 0.572. The lowest BCUT2D eigenvalue weighted by Crippen LogP contribution is -2.03. The molecule has 0 unspecified atom stereocenters. The molecule has 0 saturated heterocycles. The monoisotopic (exact) mass is 156 g/mol. The van der Waals surface area contributed by atoms with Crippen LogP contribution in [0.4, 0.5) is 0 Å². The van der Waals surface area contributed by atoms with Gasteiger partial charge in [0.1, 0.15) is 0 Å². The van der Waals surface area contributed by atoms with Gasteiger partial charge in [0, 0.05) is 12.8 Å². The highest BCUT2D eigenvalue weighted by atomic mass is 16.5. The molecule has 0 aliphatic heterocycles. The van der Waals surface area contributed by atoms with Crippen molar-refractivity contribution in [2.45, 2.75) is 33.6 Å². The number of allylic oxidation sites excluding steroid dienone is 1. The van der Waals surface area contributed by atoms with E-state index in [1.807, 2.05) is 19.9 Å². The number of hydrogen-bond acceptors (Lipinski definition) is 2. The van der Waals surface area contributed by atoms with E-state index in [4.69, 9.17) is 4.74 Å². The minimum atomic E-state index is -0.117. The molecule has 0 aliphatic rings. The highest BCUT2D eigenvalue weighted by molar-refractivity contribution is 5.68. The lowest BCUT2D eigenvalue weighted by Gasteiger charge is -2.02. The Kier molecular flexibility index (Phi) is 5.53. The standard InChI is InChI=1S/C9H16O2/c1-4-8(3)6-7-11-9(10)5-2/h4H,5-7H2,1-3H3/b8-4+. The molecule has 2 nitrogen and oxygen atoms in total.